The number of nitrogens with zero attached hydrogens (tertiary/aromatic N) is 1. The Balaban J connectivity index is 2.63. The van der Waals surface area contributed by atoms with Gasteiger partial charge in [0.05, 0.1) is 0 Å². The molecule has 1 aromatic carbocycles. The van der Waals surface area contributed by atoms with Crippen LogP contribution < -0.4 is 5.73 Å². The Morgan fingerprint density at radius 2 is 2.00 bits per heavy atom. The highest BCUT2D eigenvalue weighted by Gasteiger charge is 2.10. The molecule has 0 spiro atoms. The molecule has 0 saturated heterocycles. The van der Waals surface area contributed by atoms with E-state index in [-0.39, 0.29) is 5.82 Å². The van der Waals surface area contributed by atoms with Crippen LogP contribution >= 0.6 is 11.8 Å². The summed E-state index contributed by atoms with van der Waals surface area (Å²) in [6, 6.07) is 5.58. The highest BCUT2D eigenvalue weighted by atomic mass is 32.2. The number of nitrogens with two attached hydrogens (primary N) is 1. The van der Waals surface area contributed by atoms with Crippen molar-refractivity contribution >= 4 is 11.8 Å². The fraction of sp³-hybridized carbons (Fsp3) is 0.571. The summed E-state index contributed by atoms with van der Waals surface area (Å²) in [7, 11) is 2.08. The lowest BCUT2D eigenvalue weighted by molar-refractivity contribution is 0.244. The van der Waals surface area contributed by atoms with Crippen molar-refractivity contribution < 1.29 is 4.39 Å². The Hall–Kier alpha value is -0.580. The average molecular weight is 270 g/mol. The van der Waals surface area contributed by atoms with Crippen LogP contribution in [0, 0.1) is 5.82 Å². The second-order valence-corrected chi connectivity index (χ2v) is 5.70. The Morgan fingerprint density at radius 1 is 1.33 bits per heavy atom. The van der Waals surface area contributed by atoms with Gasteiger partial charge in [0.15, 0.2) is 0 Å². The predicted molar refractivity (Wildman–Crippen MR) is 78.2 cm³/mol. The van der Waals surface area contributed by atoms with Gasteiger partial charge >= 0.3 is 0 Å². The van der Waals surface area contributed by atoms with Gasteiger partial charge in [-0.05, 0) is 55.7 Å². The predicted octanol–water partition coefficient (Wildman–Crippen LogP) is 2.86. The van der Waals surface area contributed by atoms with Crippen LogP contribution in [0.2, 0.25) is 0 Å². The first-order valence-corrected chi connectivity index (χ1v) is 7.63. The minimum absolute atomic E-state index is 0.196. The summed E-state index contributed by atoms with van der Waals surface area (Å²) in [6.07, 6.45) is 3.27. The first-order chi connectivity index (χ1) is 8.56. The molecule has 1 atom stereocenters. The van der Waals surface area contributed by atoms with E-state index in [0.29, 0.717) is 12.6 Å². The van der Waals surface area contributed by atoms with Crippen LogP contribution in [0.4, 0.5) is 4.39 Å². The summed E-state index contributed by atoms with van der Waals surface area (Å²) in [5, 5.41) is 0. The molecular formula is C14H23FN2S. The maximum absolute atomic E-state index is 13.4. The summed E-state index contributed by atoms with van der Waals surface area (Å²) in [5.41, 5.74) is 7.41. The summed E-state index contributed by atoms with van der Waals surface area (Å²) >= 11 is 1.86. The highest BCUT2D eigenvalue weighted by Crippen LogP contribution is 2.14. The number of rotatable bonds is 7. The van der Waals surface area contributed by atoms with Gasteiger partial charge in [0.2, 0.25) is 0 Å². The van der Waals surface area contributed by atoms with E-state index < -0.39 is 0 Å². The molecule has 1 unspecified atom stereocenters. The number of thioether (sulfide) groups is 1. The molecule has 0 aliphatic rings. The Kier molecular flexibility index (Phi) is 6.68. The Labute approximate surface area is 114 Å². The molecule has 2 N–H and O–H groups in total. The largest absolute Gasteiger partial charge is 0.326 e. The SMILES string of the molecule is CSCCC(C)N(C)Cc1cc(F)cc(CN)c1. The van der Waals surface area contributed by atoms with Gasteiger partial charge in [0.25, 0.3) is 0 Å². The third-order valence-corrected chi connectivity index (χ3v) is 3.82. The van der Waals surface area contributed by atoms with E-state index in [1.165, 1.54) is 6.07 Å². The molecular weight excluding hydrogens is 247 g/mol. The fourth-order valence-corrected chi connectivity index (χ4v) is 2.46. The lowest BCUT2D eigenvalue weighted by Crippen LogP contribution is -2.29. The lowest BCUT2D eigenvalue weighted by atomic mass is 10.1. The number of hydrogen-bond acceptors (Lipinski definition) is 3. The second-order valence-electron chi connectivity index (χ2n) is 4.72. The molecule has 0 saturated carbocycles. The first-order valence-electron chi connectivity index (χ1n) is 6.24. The average Bonchev–Trinajstić information content (AvgIpc) is 2.34. The van der Waals surface area contributed by atoms with Gasteiger partial charge in [0, 0.05) is 19.1 Å². The Bertz CT molecular complexity index is 371. The van der Waals surface area contributed by atoms with Crippen molar-refractivity contribution in [3.63, 3.8) is 0 Å². The standard InChI is InChI=1S/C14H23FN2S/c1-11(4-5-18-3)17(2)10-13-6-12(9-16)7-14(15)8-13/h6-8,11H,4-5,9-10,16H2,1-3H3. The van der Waals surface area contributed by atoms with Crippen LogP contribution in [-0.2, 0) is 13.1 Å². The van der Waals surface area contributed by atoms with E-state index in [1.807, 2.05) is 17.8 Å². The number of hydrogen-bond donors (Lipinski definition) is 1. The van der Waals surface area contributed by atoms with Gasteiger partial charge in [-0.2, -0.15) is 11.8 Å². The quantitative estimate of drug-likeness (QED) is 0.826. The van der Waals surface area contributed by atoms with Gasteiger partial charge in [-0.3, -0.25) is 4.90 Å². The summed E-state index contributed by atoms with van der Waals surface area (Å²) in [4.78, 5) is 2.26. The zero-order chi connectivity index (χ0) is 13.5. The first kappa shape index (κ1) is 15.5. The van der Waals surface area contributed by atoms with Crippen LogP contribution in [0.25, 0.3) is 0 Å². The van der Waals surface area contributed by atoms with Crippen LogP contribution in [-0.4, -0.2) is 30.0 Å². The van der Waals surface area contributed by atoms with Crippen molar-refractivity contribution in [2.75, 3.05) is 19.1 Å². The third-order valence-electron chi connectivity index (χ3n) is 3.18. The topological polar surface area (TPSA) is 29.3 Å². The molecule has 102 valence electrons. The van der Waals surface area contributed by atoms with Gasteiger partial charge in [-0.25, -0.2) is 4.39 Å². The molecule has 1 rings (SSSR count). The van der Waals surface area contributed by atoms with E-state index in [4.69, 9.17) is 5.73 Å². The maximum atomic E-state index is 13.4. The minimum Gasteiger partial charge on any atom is -0.326 e. The van der Waals surface area contributed by atoms with E-state index >= 15 is 0 Å². The minimum atomic E-state index is -0.196. The van der Waals surface area contributed by atoms with Crippen molar-refractivity contribution in [3.8, 4) is 0 Å². The molecule has 0 heterocycles. The summed E-state index contributed by atoms with van der Waals surface area (Å²) in [5.74, 6) is 0.959. The van der Waals surface area contributed by atoms with Gasteiger partial charge in [-0.15, -0.1) is 0 Å². The molecule has 0 aromatic heterocycles. The van der Waals surface area contributed by atoms with E-state index in [9.17, 15) is 4.39 Å². The van der Waals surface area contributed by atoms with E-state index in [1.54, 1.807) is 6.07 Å². The monoisotopic (exact) mass is 270 g/mol. The molecule has 0 aliphatic heterocycles. The molecule has 2 nitrogen and oxygen atoms in total. The second kappa shape index (κ2) is 7.77. The summed E-state index contributed by atoms with van der Waals surface area (Å²) in [6.45, 7) is 3.36. The van der Waals surface area contributed by atoms with Gasteiger partial charge in [-0.1, -0.05) is 6.07 Å². The molecule has 4 heteroatoms. The lowest BCUT2D eigenvalue weighted by Gasteiger charge is -2.24. The molecule has 0 aliphatic carbocycles. The summed E-state index contributed by atoms with van der Waals surface area (Å²) < 4.78 is 13.4. The molecule has 0 radical (unpaired) electrons. The van der Waals surface area contributed by atoms with Crippen LogP contribution in [0.15, 0.2) is 18.2 Å². The molecule has 18 heavy (non-hydrogen) atoms. The Morgan fingerprint density at radius 3 is 2.61 bits per heavy atom. The van der Waals surface area contributed by atoms with Crippen molar-refractivity contribution in [3.05, 3.63) is 35.1 Å². The van der Waals surface area contributed by atoms with E-state index in [0.717, 1.165) is 29.8 Å². The smallest absolute Gasteiger partial charge is 0.123 e. The zero-order valence-corrected chi connectivity index (χ0v) is 12.3. The zero-order valence-electron chi connectivity index (χ0n) is 11.4. The highest BCUT2D eigenvalue weighted by molar-refractivity contribution is 7.98. The fourth-order valence-electron chi connectivity index (χ4n) is 1.88. The van der Waals surface area contributed by atoms with Crippen LogP contribution in [0.3, 0.4) is 0 Å². The maximum Gasteiger partial charge on any atom is 0.123 e. The van der Waals surface area contributed by atoms with Crippen molar-refractivity contribution in [1.82, 2.24) is 4.90 Å². The van der Waals surface area contributed by atoms with Crippen LogP contribution in [0.1, 0.15) is 24.5 Å². The third kappa shape index (κ3) is 4.96. The number of benzene rings is 1. The molecule has 0 fully saturated rings. The van der Waals surface area contributed by atoms with Gasteiger partial charge < -0.3 is 5.73 Å². The van der Waals surface area contributed by atoms with Crippen molar-refractivity contribution in [2.45, 2.75) is 32.5 Å². The van der Waals surface area contributed by atoms with Crippen molar-refractivity contribution in [1.29, 1.82) is 0 Å². The number of halogens is 1. The van der Waals surface area contributed by atoms with Gasteiger partial charge in [0.1, 0.15) is 5.82 Å². The molecule has 0 amide bonds. The molecule has 1 aromatic rings. The van der Waals surface area contributed by atoms with E-state index in [2.05, 4.69) is 25.1 Å². The van der Waals surface area contributed by atoms with Crippen molar-refractivity contribution in [2.24, 2.45) is 5.73 Å². The van der Waals surface area contributed by atoms with Crippen LogP contribution in [0.5, 0.6) is 0 Å². The molecule has 0 bridgehead atoms. The normalized spacial score (nSPS) is 13.0.